The molecule has 1 aliphatic rings. The molecule has 0 amide bonds. The van der Waals surface area contributed by atoms with Gasteiger partial charge in [-0.05, 0) is 38.6 Å². The SMILES string of the molecule is CCC1(CNS(=O)(=O)c2c(CNC)n[nH]c2C)CCC1. The molecule has 0 bridgehead atoms. The maximum atomic E-state index is 12.5. The van der Waals surface area contributed by atoms with Crippen molar-refractivity contribution in [3.63, 3.8) is 0 Å². The first-order chi connectivity index (χ1) is 9.44. The molecule has 0 unspecified atom stereocenters. The molecule has 1 aliphatic carbocycles. The number of rotatable bonds is 7. The Kier molecular flexibility index (Phi) is 4.51. The van der Waals surface area contributed by atoms with E-state index in [9.17, 15) is 8.42 Å². The summed E-state index contributed by atoms with van der Waals surface area (Å²) < 4.78 is 27.8. The molecule has 114 valence electrons. The summed E-state index contributed by atoms with van der Waals surface area (Å²) in [5.74, 6) is 0. The fraction of sp³-hybridized carbons (Fsp3) is 0.769. The fourth-order valence-electron chi connectivity index (χ4n) is 2.77. The maximum Gasteiger partial charge on any atom is 0.244 e. The van der Waals surface area contributed by atoms with Gasteiger partial charge in [0.2, 0.25) is 10.0 Å². The highest BCUT2D eigenvalue weighted by atomic mass is 32.2. The van der Waals surface area contributed by atoms with Crippen LogP contribution >= 0.6 is 0 Å². The van der Waals surface area contributed by atoms with E-state index in [1.807, 2.05) is 0 Å². The van der Waals surface area contributed by atoms with Crippen LogP contribution in [-0.4, -0.2) is 32.2 Å². The summed E-state index contributed by atoms with van der Waals surface area (Å²) in [4.78, 5) is 0.289. The molecule has 20 heavy (non-hydrogen) atoms. The first-order valence-corrected chi connectivity index (χ1v) is 8.60. The average Bonchev–Trinajstić information content (AvgIpc) is 2.71. The van der Waals surface area contributed by atoms with Gasteiger partial charge in [0.05, 0.1) is 11.4 Å². The summed E-state index contributed by atoms with van der Waals surface area (Å²) in [5, 5.41) is 9.76. The molecule has 0 spiro atoms. The molecule has 1 heterocycles. The lowest BCUT2D eigenvalue weighted by Crippen LogP contribution is -2.41. The van der Waals surface area contributed by atoms with Crippen molar-refractivity contribution in [1.29, 1.82) is 0 Å². The monoisotopic (exact) mass is 300 g/mol. The first kappa shape index (κ1) is 15.5. The highest BCUT2D eigenvalue weighted by molar-refractivity contribution is 7.89. The van der Waals surface area contributed by atoms with Crippen LogP contribution in [0.15, 0.2) is 4.90 Å². The Bertz CT molecular complexity index is 555. The lowest BCUT2D eigenvalue weighted by molar-refractivity contribution is 0.133. The number of sulfonamides is 1. The lowest BCUT2D eigenvalue weighted by Gasteiger charge is -2.41. The Labute approximate surface area is 120 Å². The van der Waals surface area contributed by atoms with Gasteiger partial charge in [-0.25, -0.2) is 13.1 Å². The third kappa shape index (κ3) is 2.89. The van der Waals surface area contributed by atoms with Gasteiger partial charge in [-0.15, -0.1) is 0 Å². The summed E-state index contributed by atoms with van der Waals surface area (Å²) in [5.41, 5.74) is 1.28. The van der Waals surface area contributed by atoms with Gasteiger partial charge in [0.25, 0.3) is 0 Å². The molecule has 1 fully saturated rings. The van der Waals surface area contributed by atoms with Crippen molar-refractivity contribution in [3.8, 4) is 0 Å². The minimum atomic E-state index is -3.50. The van der Waals surface area contributed by atoms with E-state index >= 15 is 0 Å². The van der Waals surface area contributed by atoms with Crippen LogP contribution in [0.25, 0.3) is 0 Å². The topological polar surface area (TPSA) is 86.9 Å². The van der Waals surface area contributed by atoms with E-state index in [-0.39, 0.29) is 10.3 Å². The van der Waals surface area contributed by atoms with Crippen LogP contribution in [-0.2, 0) is 16.6 Å². The van der Waals surface area contributed by atoms with Gasteiger partial charge in [0.1, 0.15) is 4.90 Å². The Balaban J connectivity index is 2.16. The smallest absolute Gasteiger partial charge is 0.244 e. The third-order valence-electron chi connectivity index (χ3n) is 4.38. The van der Waals surface area contributed by atoms with Crippen LogP contribution in [0, 0.1) is 12.3 Å². The number of nitrogens with one attached hydrogen (secondary N) is 3. The minimum Gasteiger partial charge on any atom is -0.314 e. The predicted molar refractivity (Wildman–Crippen MR) is 77.9 cm³/mol. The van der Waals surface area contributed by atoms with Crippen molar-refractivity contribution in [1.82, 2.24) is 20.2 Å². The molecule has 1 aromatic rings. The summed E-state index contributed by atoms with van der Waals surface area (Å²) in [7, 11) is -1.73. The molecule has 2 rings (SSSR count). The number of nitrogens with zero attached hydrogens (tertiary/aromatic N) is 1. The highest BCUT2D eigenvalue weighted by Crippen LogP contribution is 2.43. The molecular weight excluding hydrogens is 276 g/mol. The van der Waals surface area contributed by atoms with E-state index in [1.165, 1.54) is 6.42 Å². The predicted octanol–water partition coefficient (Wildman–Crippen LogP) is 1.30. The molecule has 0 aliphatic heterocycles. The summed E-state index contributed by atoms with van der Waals surface area (Å²) in [6.07, 6.45) is 4.44. The van der Waals surface area contributed by atoms with Crippen LogP contribution in [0.3, 0.4) is 0 Å². The molecule has 3 N–H and O–H groups in total. The van der Waals surface area contributed by atoms with Crippen LogP contribution < -0.4 is 10.0 Å². The van der Waals surface area contributed by atoms with Gasteiger partial charge in [0.15, 0.2) is 0 Å². The molecule has 0 radical (unpaired) electrons. The number of hydrogen-bond donors (Lipinski definition) is 3. The normalized spacial score (nSPS) is 17.9. The summed E-state index contributed by atoms with van der Waals surface area (Å²) >= 11 is 0. The van der Waals surface area contributed by atoms with E-state index in [1.54, 1.807) is 14.0 Å². The summed E-state index contributed by atoms with van der Waals surface area (Å²) in [6.45, 7) is 4.82. The zero-order chi connectivity index (χ0) is 14.8. The minimum absolute atomic E-state index is 0.161. The average molecular weight is 300 g/mol. The second-order valence-electron chi connectivity index (χ2n) is 5.69. The number of aryl methyl sites for hydroxylation is 1. The Morgan fingerprint density at radius 1 is 1.40 bits per heavy atom. The molecule has 7 heteroatoms. The maximum absolute atomic E-state index is 12.5. The van der Waals surface area contributed by atoms with Crippen molar-refractivity contribution in [2.45, 2.75) is 51.0 Å². The zero-order valence-electron chi connectivity index (χ0n) is 12.4. The number of aromatic amines is 1. The largest absolute Gasteiger partial charge is 0.314 e. The van der Waals surface area contributed by atoms with Crippen molar-refractivity contribution in [2.75, 3.05) is 13.6 Å². The lowest BCUT2D eigenvalue weighted by atomic mass is 9.67. The van der Waals surface area contributed by atoms with E-state index in [4.69, 9.17) is 0 Å². The highest BCUT2D eigenvalue weighted by Gasteiger charge is 2.36. The Morgan fingerprint density at radius 3 is 2.60 bits per heavy atom. The molecule has 0 saturated heterocycles. The van der Waals surface area contributed by atoms with Gasteiger partial charge in [0, 0.05) is 13.1 Å². The second kappa shape index (κ2) is 5.83. The van der Waals surface area contributed by atoms with Crippen LogP contribution in [0.2, 0.25) is 0 Å². The zero-order valence-corrected chi connectivity index (χ0v) is 13.2. The fourth-order valence-corrected chi connectivity index (χ4v) is 4.28. The number of hydrogen-bond acceptors (Lipinski definition) is 4. The Morgan fingerprint density at radius 2 is 2.10 bits per heavy atom. The van der Waals surface area contributed by atoms with Gasteiger partial charge >= 0.3 is 0 Å². The molecule has 0 aromatic carbocycles. The Hall–Kier alpha value is -0.920. The van der Waals surface area contributed by atoms with E-state index < -0.39 is 10.0 Å². The van der Waals surface area contributed by atoms with E-state index in [0.29, 0.717) is 24.5 Å². The number of aromatic nitrogens is 2. The molecule has 1 aromatic heterocycles. The summed E-state index contributed by atoms with van der Waals surface area (Å²) in [6, 6.07) is 0. The van der Waals surface area contributed by atoms with Crippen molar-refractivity contribution < 1.29 is 8.42 Å². The van der Waals surface area contributed by atoms with Gasteiger partial charge in [-0.2, -0.15) is 5.10 Å². The van der Waals surface area contributed by atoms with Crippen molar-refractivity contribution >= 4 is 10.0 Å². The number of H-pyrrole nitrogens is 1. The quantitative estimate of drug-likeness (QED) is 0.708. The van der Waals surface area contributed by atoms with E-state index in [2.05, 4.69) is 27.2 Å². The standard InChI is InChI=1S/C13H24N4O2S/c1-4-13(6-5-7-13)9-15-20(18,19)12-10(2)16-17-11(12)8-14-3/h14-15H,4-9H2,1-3H3,(H,16,17). The molecule has 0 atom stereocenters. The first-order valence-electron chi connectivity index (χ1n) is 7.12. The second-order valence-corrected chi connectivity index (χ2v) is 7.39. The van der Waals surface area contributed by atoms with Crippen LogP contribution in [0.1, 0.15) is 44.0 Å². The molecule has 1 saturated carbocycles. The van der Waals surface area contributed by atoms with Crippen LogP contribution in [0.5, 0.6) is 0 Å². The van der Waals surface area contributed by atoms with Crippen LogP contribution in [0.4, 0.5) is 0 Å². The third-order valence-corrected chi connectivity index (χ3v) is 5.98. The van der Waals surface area contributed by atoms with Gasteiger partial charge < -0.3 is 5.32 Å². The molecular formula is C13H24N4O2S. The van der Waals surface area contributed by atoms with Gasteiger partial charge in [-0.1, -0.05) is 13.3 Å². The van der Waals surface area contributed by atoms with Gasteiger partial charge in [-0.3, -0.25) is 5.10 Å². The van der Waals surface area contributed by atoms with E-state index in [0.717, 1.165) is 19.3 Å². The van der Waals surface area contributed by atoms with Crippen molar-refractivity contribution in [3.05, 3.63) is 11.4 Å². The van der Waals surface area contributed by atoms with Crippen molar-refractivity contribution in [2.24, 2.45) is 5.41 Å². The molecule has 6 nitrogen and oxygen atoms in total.